The minimum Gasteiger partial charge on any atom is -0.481 e. The van der Waals surface area contributed by atoms with E-state index in [1.807, 2.05) is 6.07 Å². The van der Waals surface area contributed by atoms with Crippen LogP contribution in [0.2, 0.25) is 5.02 Å². The van der Waals surface area contributed by atoms with E-state index >= 15 is 0 Å². The Balaban J connectivity index is 1.69. The van der Waals surface area contributed by atoms with Crippen molar-refractivity contribution < 1.29 is 22.7 Å². The average Bonchev–Trinajstić information content (AvgIpc) is 2.78. The number of halogens is 1. The maximum Gasteiger partial charge on any atom is 0.321 e. The quantitative estimate of drug-likeness (QED) is 0.478. The van der Waals surface area contributed by atoms with Crippen LogP contribution in [0.1, 0.15) is 5.56 Å². The number of carbonyl (C=O) groups excluding carboxylic acids is 1. The first-order valence-corrected chi connectivity index (χ1v) is 11.0. The zero-order valence-corrected chi connectivity index (χ0v) is 18.6. The van der Waals surface area contributed by atoms with Gasteiger partial charge in [0.15, 0.2) is 5.82 Å². The van der Waals surface area contributed by atoms with Gasteiger partial charge in [-0.25, -0.2) is 8.42 Å². The Morgan fingerprint density at radius 3 is 2.41 bits per heavy atom. The molecule has 3 rings (SSSR count). The lowest BCUT2D eigenvalue weighted by Crippen LogP contribution is -2.15. The molecule has 0 aliphatic carbocycles. The highest BCUT2D eigenvalue weighted by Crippen LogP contribution is 2.22. The molecule has 9 nitrogen and oxygen atoms in total. The first-order chi connectivity index (χ1) is 15.3. The maximum atomic E-state index is 12.7. The number of nitrogens with zero attached hydrogens (tertiary/aromatic N) is 2. The van der Waals surface area contributed by atoms with Crippen molar-refractivity contribution in [3.8, 4) is 11.9 Å². The van der Waals surface area contributed by atoms with Gasteiger partial charge in [0.25, 0.3) is 10.0 Å². The summed E-state index contributed by atoms with van der Waals surface area (Å²) < 4.78 is 37.6. The van der Waals surface area contributed by atoms with Crippen LogP contribution in [0.25, 0.3) is 6.08 Å². The van der Waals surface area contributed by atoms with Crippen LogP contribution in [0.3, 0.4) is 0 Å². The van der Waals surface area contributed by atoms with Crippen LogP contribution in [0.5, 0.6) is 11.9 Å². The van der Waals surface area contributed by atoms with Gasteiger partial charge in [-0.2, -0.15) is 9.97 Å². The molecule has 166 valence electrons. The van der Waals surface area contributed by atoms with Gasteiger partial charge in [0.05, 0.1) is 19.1 Å². The predicted molar refractivity (Wildman–Crippen MR) is 122 cm³/mol. The Kier molecular flexibility index (Phi) is 7.29. The molecule has 2 N–H and O–H groups in total. The van der Waals surface area contributed by atoms with Gasteiger partial charge in [0.1, 0.15) is 0 Å². The van der Waals surface area contributed by atoms with E-state index in [1.54, 1.807) is 24.3 Å². The number of benzene rings is 2. The molecule has 11 heteroatoms. The van der Waals surface area contributed by atoms with Crippen molar-refractivity contribution in [2.45, 2.75) is 4.90 Å². The number of anilines is 2. The lowest BCUT2D eigenvalue weighted by molar-refractivity contribution is -0.111. The molecule has 2 aromatic carbocycles. The van der Waals surface area contributed by atoms with E-state index in [2.05, 4.69) is 20.0 Å². The summed E-state index contributed by atoms with van der Waals surface area (Å²) in [4.78, 5) is 20.0. The first-order valence-electron chi connectivity index (χ1n) is 9.14. The molecule has 0 fully saturated rings. The molecule has 0 aliphatic rings. The monoisotopic (exact) mass is 474 g/mol. The summed E-state index contributed by atoms with van der Waals surface area (Å²) in [6.07, 6.45) is 2.92. The minimum absolute atomic E-state index is 0.0178. The molecule has 1 aromatic heterocycles. The van der Waals surface area contributed by atoms with E-state index in [9.17, 15) is 13.2 Å². The van der Waals surface area contributed by atoms with Crippen molar-refractivity contribution in [3.05, 3.63) is 71.3 Å². The number of sulfonamides is 1. The van der Waals surface area contributed by atoms with E-state index in [1.165, 1.54) is 50.6 Å². The third-order valence-electron chi connectivity index (χ3n) is 4.06. The molecule has 0 unspecified atom stereocenters. The van der Waals surface area contributed by atoms with Gasteiger partial charge in [-0.1, -0.05) is 29.8 Å². The van der Waals surface area contributed by atoms with Gasteiger partial charge in [-0.15, -0.1) is 0 Å². The van der Waals surface area contributed by atoms with Crippen LogP contribution in [0.4, 0.5) is 11.5 Å². The normalized spacial score (nSPS) is 11.2. The largest absolute Gasteiger partial charge is 0.481 e. The zero-order chi connectivity index (χ0) is 23.1. The number of rotatable bonds is 8. The highest BCUT2D eigenvalue weighted by Gasteiger charge is 2.17. The van der Waals surface area contributed by atoms with Crippen molar-refractivity contribution in [2.24, 2.45) is 0 Å². The SMILES string of the molecule is COc1cc(NS(=O)(=O)c2ccc(NC(=O)/C=C/c3ccccc3Cl)cc2)nc(OC)n1. The van der Waals surface area contributed by atoms with E-state index in [4.69, 9.17) is 21.1 Å². The average molecular weight is 475 g/mol. The summed E-state index contributed by atoms with van der Waals surface area (Å²) in [5, 5.41) is 3.18. The lowest BCUT2D eigenvalue weighted by Gasteiger charge is -2.10. The molecule has 1 heterocycles. The van der Waals surface area contributed by atoms with Crippen molar-refractivity contribution in [1.82, 2.24) is 9.97 Å². The number of aromatic nitrogens is 2. The number of carbonyl (C=O) groups is 1. The second kappa shape index (κ2) is 10.1. The molecule has 0 radical (unpaired) electrons. The third kappa shape index (κ3) is 5.96. The van der Waals surface area contributed by atoms with E-state index in [-0.39, 0.29) is 28.5 Å². The molecule has 0 bridgehead atoms. The Hall–Kier alpha value is -3.63. The fourth-order valence-corrected chi connectivity index (χ4v) is 3.72. The van der Waals surface area contributed by atoms with Crippen LogP contribution in [0.15, 0.2) is 65.6 Å². The third-order valence-corrected chi connectivity index (χ3v) is 5.78. The second-order valence-electron chi connectivity index (χ2n) is 6.26. The fourth-order valence-electron chi connectivity index (χ4n) is 2.53. The summed E-state index contributed by atoms with van der Waals surface area (Å²) in [6.45, 7) is 0. The molecule has 0 saturated carbocycles. The molecule has 0 aliphatic heterocycles. The van der Waals surface area contributed by atoms with Crippen LogP contribution in [-0.4, -0.2) is 38.5 Å². The number of methoxy groups -OCH3 is 2. The van der Waals surface area contributed by atoms with E-state index in [0.717, 1.165) is 0 Å². The highest BCUT2D eigenvalue weighted by molar-refractivity contribution is 7.92. The predicted octanol–water partition coefficient (Wildman–Crippen LogP) is 3.60. The summed E-state index contributed by atoms with van der Waals surface area (Å²) in [6, 6.07) is 14.0. The van der Waals surface area contributed by atoms with Crippen LogP contribution < -0.4 is 19.5 Å². The molecule has 0 spiro atoms. The fraction of sp³-hybridized carbons (Fsp3) is 0.0952. The van der Waals surface area contributed by atoms with Gasteiger partial charge >= 0.3 is 6.01 Å². The minimum atomic E-state index is -3.95. The van der Waals surface area contributed by atoms with Gasteiger partial charge in [-0.3, -0.25) is 9.52 Å². The molecular weight excluding hydrogens is 456 g/mol. The Labute approximate surface area is 190 Å². The van der Waals surface area contributed by atoms with Crippen LogP contribution in [0, 0.1) is 0 Å². The van der Waals surface area contributed by atoms with Crippen molar-refractivity contribution in [3.63, 3.8) is 0 Å². The first kappa shape index (κ1) is 23.0. The summed E-state index contributed by atoms with van der Waals surface area (Å²) in [7, 11) is -1.22. The summed E-state index contributed by atoms with van der Waals surface area (Å²) >= 11 is 6.05. The second-order valence-corrected chi connectivity index (χ2v) is 8.35. The maximum absolute atomic E-state index is 12.7. The molecule has 3 aromatic rings. The topological polar surface area (TPSA) is 120 Å². The van der Waals surface area contributed by atoms with Gasteiger partial charge in [0.2, 0.25) is 11.8 Å². The number of hydrogen-bond donors (Lipinski definition) is 2. The van der Waals surface area contributed by atoms with Crippen molar-refractivity contribution >= 4 is 45.1 Å². The molecule has 1 amide bonds. The van der Waals surface area contributed by atoms with E-state index in [0.29, 0.717) is 16.3 Å². The van der Waals surface area contributed by atoms with Crippen molar-refractivity contribution in [1.29, 1.82) is 0 Å². The van der Waals surface area contributed by atoms with Crippen LogP contribution >= 0.6 is 11.6 Å². The molecule has 0 saturated heterocycles. The van der Waals surface area contributed by atoms with E-state index < -0.39 is 10.0 Å². The Morgan fingerprint density at radius 1 is 1.03 bits per heavy atom. The molecular formula is C21H19ClN4O5S. The number of amides is 1. The van der Waals surface area contributed by atoms with Gasteiger partial charge in [0, 0.05) is 22.9 Å². The molecule has 0 atom stereocenters. The number of hydrogen-bond acceptors (Lipinski definition) is 7. The zero-order valence-electron chi connectivity index (χ0n) is 17.1. The number of ether oxygens (including phenoxy) is 2. The highest BCUT2D eigenvalue weighted by atomic mass is 35.5. The van der Waals surface area contributed by atoms with Crippen LogP contribution in [-0.2, 0) is 14.8 Å². The standard InChI is InChI=1S/C21H19ClN4O5S/c1-30-20-13-18(24-21(25-20)31-2)26-32(28,29)16-10-8-15(9-11-16)23-19(27)12-7-14-5-3-4-6-17(14)22/h3-13H,1-2H3,(H,23,27)(H,24,25,26)/b12-7+. The number of nitrogens with one attached hydrogen (secondary N) is 2. The smallest absolute Gasteiger partial charge is 0.321 e. The summed E-state index contributed by atoms with van der Waals surface area (Å²) in [5.74, 6) is -0.271. The Bertz CT molecular complexity index is 1230. The molecule has 32 heavy (non-hydrogen) atoms. The van der Waals surface area contributed by atoms with Crippen molar-refractivity contribution in [2.75, 3.05) is 24.3 Å². The summed E-state index contributed by atoms with van der Waals surface area (Å²) in [5.41, 5.74) is 1.12. The van der Waals surface area contributed by atoms with Gasteiger partial charge in [-0.05, 0) is 42.0 Å². The lowest BCUT2D eigenvalue weighted by atomic mass is 10.2. The Morgan fingerprint density at radius 2 is 1.75 bits per heavy atom. The van der Waals surface area contributed by atoms with Gasteiger partial charge < -0.3 is 14.8 Å².